The van der Waals surface area contributed by atoms with E-state index in [2.05, 4.69) is 6.92 Å². The third-order valence-electron chi connectivity index (χ3n) is 3.69. The summed E-state index contributed by atoms with van der Waals surface area (Å²) in [5.74, 6) is 0.839. The van der Waals surface area contributed by atoms with Gasteiger partial charge in [-0.1, -0.05) is 38.9 Å². The molecule has 1 aliphatic carbocycles. The van der Waals surface area contributed by atoms with Crippen LogP contribution in [0.25, 0.3) is 0 Å². The Morgan fingerprint density at radius 1 is 1.41 bits per heavy atom. The zero-order valence-corrected chi connectivity index (χ0v) is 11.8. The van der Waals surface area contributed by atoms with Crippen LogP contribution in [0.5, 0.6) is 0 Å². The highest BCUT2D eigenvalue weighted by Gasteiger charge is 2.29. The summed E-state index contributed by atoms with van der Waals surface area (Å²) >= 11 is 4.91. The van der Waals surface area contributed by atoms with Crippen molar-refractivity contribution in [3.05, 3.63) is 0 Å². The Morgan fingerprint density at radius 2 is 2.06 bits per heavy atom. The Morgan fingerprint density at radius 3 is 2.59 bits per heavy atom. The fraction of sp³-hybridized carbons (Fsp3) is 0.846. The number of thiocarbonyl (C=S) groups is 1. The molecule has 1 fully saturated rings. The largest absolute Gasteiger partial charge is 0.393 e. The molecule has 0 aromatic carbocycles. The zero-order valence-electron chi connectivity index (χ0n) is 10.9. The summed E-state index contributed by atoms with van der Waals surface area (Å²) in [7, 11) is 0. The molecule has 0 spiro atoms. The quantitative estimate of drug-likeness (QED) is 0.769. The van der Waals surface area contributed by atoms with Gasteiger partial charge >= 0.3 is 0 Å². The normalized spacial score (nSPS) is 24.4. The van der Waals surface area contributed by atoms with Crippen LogP contribution in [-0.2, 0) is 4.79 Å². The number of nitrogens with zero attached hydrogens (tertiary/aromatic N) is 1. The molecule has 2 N–H and O–H groups in total. The predicted octanol–water partition coefficient (Wildman–Crippen LogP) is 2.48. The molecule has 1 amide bonds. The van der Waals surface area contributed by atoms with Gasteiger partial charge in [0.15, 0.2) is 0 Å². The second kappa shape index (κ2) is 6.94. The molecule has 0 heterocycles. The molecule has 0 radical (unpaired) electrons. The molecule has 0 aromatic rings. The Bertz CT molecular complexity index is 281. The highest BCUT2D eigenvalue weighted by molar-refractivity contribution is 7.80. The lowest BCUT2D eigenvalue weighted by atomic mass is 9.84. The molecule has 2 unspecified atom stereocenters. The average molecular weight is 256 g/mol. The van der Waals surface area contributed by atoms with Crippen LogP contribution in [0.2, 0.25) is 0 Å². The maximum atomic E-state index is 12.0. The smallest absolute Gasteiger partial charge is 0.222 e. The maximum Gasteiger partial charge on any atom is 0.222 e. The molecule has 1 rings (SSSR count). The monoisotopic (exact) mass is 256 g/mol. The van der Waals surface area contributed by atoms with Crippen LogP contribution in [0.15, 0.2) is 0 Å². The second-order valence-corrected chi connectivity index (χ2v) is 5.51. The van der Waals surface area contributed by atoms with Crippen molar-refractivity contribution in [1.29, 1.82) is 0 Å². The van der Waals surface area contributed by atoms with E-state index in [-0.39, 0.29) is 5.91 Å². The van der Waals surface area contributed by atoms with Gasteiger partial charge in [-0.3, -0.25) is 4.79 Å². The minimum atomic E-state index is 0.236. The fourth-order valence-electron chi connectivity index (χ4n) is 2.67. The van der Waals surface area contributed by atoms with Gasteiger partial charge in [0.2, 0.25) is 5.91 Å². The molecule has 1 saturated carbocycles. The SMILES string of the molecule is CCC(=O)N(CCC(N)=S)C1CCCCC1C. The summed E-state index contributed by atoms with van der Waals surface area (Å²) in [5, 5.41) is 0. The van der Waals surface area contributed by atoms with Crippen LogP contribution in [-0.4, -0.2) is 28.4 Å². The van der Waals surface area contributed by atoms with Crippen LogP contribution in [0.4, 0.5) is 0 Å². The first-order valence-electron chi connectivity index (χ1n) is 6.64. The van der Waals surface area contributed by atoms with Crippen LogP contribution in [0.1, 0.15) is 52.4 Å². The molecule has 3 nitrogen and oxygen atoms in total. The summed E-state index contributed by atoms with van der Waals surface area (Å²) < 4.78 is 0. The van der Waals surface area contributed by atoms with E-state index in [1.54, 1.807) is 0 Å². The number of carbonyl (C=O) groups excluding carboxylic acids is 1. The van der Waals surface area contributed by atoms with Crippen LogP contribution < -0.4 is 5.73 Å². The van der Waals surface area contributed by atoms with Gasteiger partial charge in [-0.25, -0.2) is 0 Å². The van der Waals surface area contributed by atoms with Gasteiger partial charge in [0.25, 0.3) is 0 Å². The van der Waals surface area contributed by atoms with E-state index in [4.69, 9.17) is 18.0 Å². The molecule has 17 heavy (non-hydrogen) atoms. The van der Waals surface area contributed by atoms with Crippen molar-refractivity contribution in [2.75, 3.05) is 6.54 Å². The van der Waals surface area contributed by atoms with E-state index in [1.807, 2.05) is 11.8 Å². The minimum absolute atomic E-state index is 0.236. The highest BCUT2D eigenvalue weighted by Crippen LogP contribution is 2.28. The molecule has 98 valence electrons. The van der Waals surface area contributed by atoms with Gasteiger partial charge in [0.05, 0.1) is 4.99 Å². The molecule has 0 bridgehead atoms. The standard InChI is InChI=1S/C13H24N2OS/c1-3-13(16)15(9-8-12(14)17)11-7-5-4-6-10(11)2/h10-11H,3-9H2,1-2H3,(H2,14,17). The lowest BCUT2D eigenvalue weighted by Crippen LogP contribution is -2.46. The van der Waals surface area contributed by atoms with Crippen LogP contribution in [0, 0.1) is 5.92 Å². The molecule has 0 saturated heterocycles. The molecule has 0 aromatic heterocycles. The van der Waals surface area contributed by atoms with Crippen molar-refractivity contribution in [1.82, 2.24) is 4.90 Å². The number of nitrogens with two attached hydrogens (primary N) is 1. The third-order valence-corrected chi connectivity index (χ3v) is 3.89. The molecule has 4 heteroatoms. The second-order valence-electron chi connectivity index (χ2n) is 4.99. The summed E-state index contributed by atoms with van der Waals surface area (Å²) in [6.07, 6.45) is 6.09. The molecule has 1 aliphatic rings. The predicted molar refractivity (Wildman–Crippen MR) is 74.8 cm³/mol. The number of carbonyl (C=O) groups is 1. The zero-order chi connectivity index (χ0) is 12.8. The Balaban J connectivity index is 2.66. The number of amides is 1. The van der Waals surface area contributed by atoms with Gasteiger partial charge in [0.1, 0.15) is 0 Å². The first-order valence-corrected chi connectivity index (χ1v) is 7.04. The summed E-state index contributed by atoms with van der Waals surface area (Å²) in [6.45, 7) is 4.86. The number of hydrogen-bond acceptors (Lipinski definition) is 2. The van der Waals surface area contributed by atoms with Gasteiger partial charge in [-0.2, -0.15) is 0 Å². The van der Waals surface area contributed by atoms with Crippen molar-refractivity contribution < 1.29 is 4.79 Å². The average Bonchev–Trinajstić information content (AvgIpc) is 2.30. The van der Waals surface area contributed by atoms with E-state index in [0.717, 1.165) is 6.42 Å². The van der Waals surface area contributed by atoms with E-state index in [1.165, 1.54) is 19.3 Å². The van der Waals surface area contributed by atoms with Crippen LogP contribution >= 0.6 is 12.2 Å². The Hall–Kier alpha value is -0.640. The number of hydrogen-bond donors (Lipinski definition) is 1. The summed E-state index contributed by atoms with van der Waals surface area (Å²) in [5.41, 5.74) is 5.54. The fourth-order valence-corrected chi connectivity index (χ4v) is 2.76. The Kier molecular flexibility index (Phi) is 5.89. The minimum Gasteiger partial charge on any atom is -0.393 e. The van der Waals surface area contributed by atoms with E-state index >= 15 is 0 Å². The lowest BCUT2D eigenvalue weighted by molar-refractivity contribution is -0.134. The first-order chi connectivity index (χ1) is 8.06. The van der Waals surface area contributed by atoms with Crippen LogP contribution in [0.3, 0.4) is 0 Å². The maximum absolute atomic E-state index is 12.0. The summed E-state index contributed by atoms with van der Waals surface area (Å²) in [6, 6.07) is 0.394. The van der Waals surface area contributed by atoms with E-state index in [9.17, 15) is 4.79 Å². The van der Waals surface area contributed by atoms with Crippen molar-refractivity contribution in [2.45, 2.75) is 58.4 Å². The van der Waals surface area contributed by atoms with Gasteiger partial charge < -0.3 is 10.6 Å². The number of rotatable bonds is 5. The lowest BCUT2D eigenvalue weighted by Gasteiger charge is -2.38. The highest BCUT2D eigenvalue weighted by atomic mass is 32.1. The van der Waals surface area contributed by atoms with E-state index < -0.39 is 0 Å². The topological polar surface area (TPSA) is 46.3 Å². The van der Waals surface area contributed by atoms with Crippen molar-refractivity contribution in [3.8, 4) is 0 Å². The van der Waals surface area contributed by atoms with Gasteiger partial charge in [0, 0.05) is 25.4 Å². The van der Waals surface area contributed by atoms with Crippen molar-refractivity contribution in [2.24, 2.45) is 11.7 Å². The van der Waals surface area contributed by atoms with Gasteiger partial charge in [-0.05, 0) is 18.8 Å². The summed E-state index contributed by atoms with van der Waals surface area (Å²) in [4.78, 5) is 14.5. The molecule has 2 atom stereocenters. The third kappa shape index (κ3) is 4.26. The van der Waals surface area contributed by atoms with Crippen molar-refractivity contribution in [3.63, 3.8) is 0 Å². The molecular weight excluding hydrogens is 232 g/mol. The molecular formula is C13H24N2OS. The van der Waals surface area contributed by atoms with E-state index in [0.29, 0.717) is 36.3 Å². The Labute approximate surface area is 110 Å². The first kappa shape index (κ1) is 14.4. The van der Waals surface area contributed by atoms with Crippen molar-refractivity contribution >= 4 is 23.1 Å². The molecule has 0 aliphatic heterocycles. The van der Waals surface area contributed by atoms with Gasteiger partial charge in [-0.15, -0.1) is 0 Å².